The SMILES string of the molecule is O=c1[nH]c2ccc(S(=O)(=O)NC3CCN(Cc4ccccc4)CC3)cc2o1. The number of rotatable bonds is 5. The second-order valence-corrected chi connectivity index (χ2v) is 8.54. The molecule has 1 saturated heterocycles. The fraction of sp³-hybridized carbons (Fsp3) is 0.316. The lowest BCUT2D eigenvalue weighted by atomic mass is 10.1. The summed E-state index contributed by atoms with van der Waals surface area (Å²) in [5, 5.41) is 0. The van der Waals surface area contributed by atoms with E-state index in [0.29, 0.717) is 5.52 Å². The van der Waals surface area contributed by atoms with Crippen molar-refractivity contribution >= 4 is 21.1 Å². The molecule has 142 valence electrons. The first-order valence-corrected chi connectivity index (χ1v) is 10.4. The molecule has 8 heteroatoms. The highest BCUT2D eigenvalue weighted by Gasteiger charge is 2.25. The number of nitrogens with zero attached hydrogens (tertiary/aromatic N) is 1. The molecule has 0 radical (unpaired) electrons. The topological polar surface area (TPSA) is 95.4 Å². The number of benzene rings is 2. The van der Waals surface area contributed by atoms with E-state index >= 15 is 0 Å². The largest absolute Gasteiger partial charge is 0.417 e. The summed E-state index contributed by atoms with van der Waals surface area (Å²) < 4.78 is 33.1. The Morgan fingerprint density at radius 2 is 1.85 bits per heavy atom. The van der Waals surface area contributed by atoms with E-state index in [0.717, 1.165) is 32.5 Å². The number of nitrogens with one attached hydrogen (secondary N) is 2. The van der Waals surface area contributed by atoms with Gasteiger partial charge in [0.25, 0.3) is 0 Å². The first kappa shape index (κ1) is 18.0. The van der Waals surface area contributed by atoms with Crippen LogP contribution < -0.4 is 10.5 Å². The number of hydrogen-bond acceptors (Lipinski definition) is 5. The number of sulfonamides is 1. The quantitative estimate of drug-likeness (QED) is 0.699. The standard InChI is InChI=1S/C19H21N3O4S/c23-19-20-17-7-6-16(12-18(17)26-19)27(24,25)21-15-8-10-22(11-9-15)13-14-4-2-1-3-5-14/h1-7,12,15,21H,8-11,13H2,(H,20,23). The van der Waals surface area contributed by atoms with Crippen LogP contribution in [-0.4, -0.2) is 37.4 Å². The van der Waals surface area contributed by atoms with Crippen LogP contribution in [0, 0.1) is 0 Å². The van der Waals surface area contributed by atoms with Gasteiger partial charge >= 0.3 is 5.76 Å². The van der Waals surface area contributed by atoms with E-state index in [9.17, 15) is 13.2 Å². The van der Waals surface area contributed by atoms with Gasteiger partial charge in [-0.15, -0.1) is 0 Å². The van der Waals surface area contributed by atoms with Gasteiger partial charge in [-0.3, -0.25) is 9.88 Å². The van der Waals surface area contributed by atoms with Gasteiger partial charge in [0.2, 0.25) is 10.0 Å². The number of hydrogen-bond donors (Lipinski definition) is 2. The Labute approximate surface area is 157 Å². The first-order chi connectivity index (χ1) is 13.0. The number of oxazole rings is 1. The molecule has 3 aromatic rings. The number of likely N-dealkylation sites (tertiary alicyclic amines) is 1. The minimum absolute atomic E-state index is 0.101. The molecule has 27 heavy (non-hydrogen) atoms. The molecule has 1 aliphatic rings. The van der Waals surface area contributed by atoms with Crippen molar-refractivity contribution in [2.24, 2.45) is 0 Å². The molecular formula is C19H21N3O4S. The summed E-state index contributed by atoms with van der Waals surface area (Å²) in [6.07, 6.45) is 1.51. The van der Waals surface area contributed by atoms with Gasteiger partial charge in [-0.25, -0.2) is 17.9 Å². The summed E-state index contributed by atoms with van der Waals surface area (Å²) in [4.78, 5) is 16.2. The van der Waals surface area contributed by atoms with Crippen LogP contribution in [0.4, 0.5) is 0 Å². The number of H-pyrrole nitrogens is 1. The lowest BCUT2D eigenvalue weighted by molar-refractivity contribution is 0.200. The first-order valence-electron chi connectivity index (χ1n) is 8.91. The molecule has 0 bridgehead atoms. The summed E-state index contributed by atoms with van der Waals surface area (Å²) in [5.41, 5.74) is 1.98. The third kappa shape index (κ3) is 4.13. The monoisotopic (exact) mass is 387 g/mol. The highest BCUT2D eigenvalue weighted by atomic mass is 32.2. The van der Waals surface area contributed by atoms with Crippen molar-refractivity contribution in [2.75, 3.05) is 13.1 Å². The molecule has 1 aromatic heterocycles. The van der Waals surface area contributed by atoms with Crippen molar-refractivity contribution in [3.63, 3.8) is 0 Å². The molecule has 1 aliphatic heterocycles. The molecule has 0 spiro atoms. The Balaban J connectivity index is 1.39. The maximum Gasteiger partial charge on any atom is 0.417 e. The molecule has 7 nitrogen and oxygen atoms in total. The average molecular weight is 387 g/mol. The molecular weight excluding hydrogens is 366 g/mol. The van der Waals surface area contributed by atoms with Crippen molar-refractivity contribution in [2.45, 2.75) is 30.3 Å². The zero-order valence-corrected chi connectivity index (χ0v) is 15.5. The van der Waals surface area contributed by atoms with Crippen molar-refractivity contribution in [1.29, 1.82) is 0 Å². The zero-order chi connectivity index (χ0) is 18.9. The second-order valence-electron chi connectivity index (χ2n) is 6.83. The van der Waals surface area contributed by atoms with Gasteiger partial charge < -0.3 is 4.42 Å². The Hall–Kier alpha value is -2.42. The van der Waals surface area contributed by atoms with Gasteiger partial charge in [0, 0.05) is 31.7 Å². The van der Waals surface area contributed by atoms with Crippen LogP contribution in [0.5, 0.6) is 0 Å². The Kier molecular flexibility index (Phi) is 4.86. The van der Waals surface area contributed by atoms with E-state index in [4.69, 9.17) is 4.42 Å². The number of aromatic amines is 1. The fourth-order valence-corrected chi connectivity index (χ4v) is 4.75. The molecule has 0 saturated carbocycles. The predicted octanol–water partition coefficient (Wildman–Crippen LogP) is 2.06. The van der Waals surface area contributed by atoms with Crippen LogP contribution in [0.3, 0.4) is 0 Å². The summed E-state index contributed by atoms with van der Waals surface area (Å²) in [6.45, 7) is 2.56. The third-order valence-electron chi connectivity index (χ3n) is 4.86. The van der Waals surface area contributed by atoms with Gasteiger partial charge in [0.1, 0.15) is 0 Å². The van der Waals surface area contributed by atoms with Crippen LogP contribution >= 0.6 is 0 Å². The molecule has 0 amide bonds. The number of aromatic nitrogens is 1. The molecule has 0 aliphatic carbocycles. The minimum atomic E-state index is -3.66. The van der Waals surface area contributed by atoms with Crippen molar-refractivity contribution in [3.05, 3.63) is 64.6 Å². The maximum atomic E-state index is 12.7. The van der Waals surface area contributed by atoms with E-state index in [1.54, 1.807) is 0 Å². The van der Waals surface area contributed by atoms with Gasteiger partial charge in [-0.2, -0.15) is 0 Å². The Morgan fingerprint density at radius 1 is 1.11 bits per heavy atom. The molecule has 2 heterocycles. The summed E-state index contributed by atoms with van der Waals surface area (Å²) >= 11 is 0. The van der Waals surface area contributed by atoms with Crippen LogP contribution in [0.15, 0.2) is 62.6 Å². The molecule has 1 fully saturated rings. The van der Waals surface area contributed by atoms with Crippen LogP contribution in [0.25, 0.3) is 11.1 Å². The molecule has 2 aromatic carbocycles. The number of fused-ring (bicyclic) bond motifs is 1. The van der Waals surface area contributed by atoms with Crippen molar-refractivity contribution < 1.29 is 12.8 Å². The Bertz CT molecular complexity index is 1080. The highest BCUT2D eigenvalue weighted by molar-refractivity contribution is 7.89. The lowest BCUT2D eigenvalue weighted by Gasteiger charge is -2.32. The van der Waals surface area contributed by atoms with Crippen molar-refractivity contribution in [1.82, 2.24) is 14.6 Å². The molecule has 4 rings (SSSR count). The van der Waals surface area contributed by atoms with Crippen molar-refractivity contribution in [3.8, 4) is 0 Å². The predicted molar refractivity (Wildman–Crippen MR) is 102 cm³/mol. The van der Waals surface area contributed by atoms with Gasteiger partial charge in [0.05, 0.1) is 10.4 Å². The lowest BCUT2D eigenvalue weighted by Crippen LogP contribution is -2.44. The summed E-state index contributed by atoms with van der Waals surface area (Å²) in [6, 6.07) is 14.5. The maximum absolute atomic E-state index is 12.7. The molecule has 2 N–H and O–H groups in total. The normalized spacial score (nSPS) is 16.7. The highest BCUT2D eigenvalue weighted by Crippen LogP contribution is 2.19. The molecule has 0 unspecified atom stereocenters. The Morgan fingerprint density at radius 3 is 2.59 bits per heavy atom. The van der Waals surface area contributed by atoms with E-state index in [2.05, 4.69) is 26.7 Å². The smallest absolute Gasteiger partial charge is 0.408 e. The van der Waals surface area contributed by atoms with E-state index in [1.165, 1.54) is 23.8 Å². The second kappa shape index (κ2) is 7.30. The van der Waals surface area contributed by atoms with E-state index in [-0.39, 0.29) is 16.5 Å². The van der Waals surface area contributed by atoms with E-state index in [1.807, 2.05) is 18.2 Å². The fourth-order valence-electron chi connectivity index (χ4n) is 3.43. The zero-order valence-electron chi connectivity index (χ0n) is 14.7. The van der Waals surface area contributed by atoms with Gasteiger partial charge in [0.15, 0.2) is 5.58 Å². The summed E-state index contributed by atoms with van der Waals surface area (Å²) in [7, 11) is -3.66. The van der Waals surface area contributed by atoms with Crippen LogP contribution in [0.2, 0.25) is 0 Å². The number of piperidine rings is 1. The molecule has 0 atom stereocenters. The van der Waals surface area contributed by atoms with Gasteiger partial charge in [-0.05, 0) is 30.5 Å². The minimum Gasteiger partial charge on any atom is -0.408 e. The summed E-state index contributed by atoms with van der Waals surface area (Å²) in [5.74, 6) is -0.599. The average Bonchev–Trinajstić information content (AvgIpc) is 3.03. The third-order valence-corrected chi connectivity index (χ3v) is 6.38. The van der Waals surface area contributed by atoms with E-state index < -0.39 is 15.8 Å². The van der Waals surface area contributed by atoms with Crippen LogP contribution in [0.1, 0.15) is 18.4 Å². The van der Waals surface area contributed by atoms with Crippen LogP contribution in [-0.2, 0) is 16.6 Å². The van der Waals surface area contributed by atoms with Gasteiger partial charge in [-0.1, -0.05) is 30.3 Å².